The number of imidazole rings is 1. The van der Waals surface area contributed by atoms with Crippen molar-refractivity contribution in [2.75, 3.05) is 12.8 Å². The lowest BCUT2D eigenvalue weighted by Gasteiger charge is -2.06. The molecule has 3 rings (SSSR count). The molecule has 0 fully saturated rings. The van der Waals surface area contributed by atoms with Gasteiger partial charge in [-0.2, -0.15) is 0 Å². The van der Waals surface area contributed by atoms with Crippen molar-refractivity contribution in [2.24, 2.45) is 0 Å². The van der Waals surface area contributed by atoms with Crippen molar-refractivity contribution in [3.63, 3.8) is 0 Å². The molecule has 2 N–H and O–H groups in total. The Bertz CT molecular complexity index is 841. The number of anilines is 1. The number of fused-ring (bicyclic) bond motifs is 1. The smallest absolute Gasteiger partial charge is 0.121 e. The van der Waals surface area contributed by atoms with Crippen molar-refractivity contribution in [3.05, 3.63) is 53.9 Å². The highest BCUT2D eigenvalue weighted by Gasteiger charge is 2.11. The summed E-state index contributed by atoms with van der Waals surface area (Å²) < 4.78 is 7.32. The van der Waals surface area contributed by atoms with E-state index < -0.39 is 0 Å². The first-order valence-corrected chi connectivity index (χ1v) is 7.02. The summed E-state index contributed by atoms with van der Waals surface area (Å²) in [6.07, 6.45) is 6.22. The highest BCUT2D eigenvalue weighted by Crippen LogP contribution is 2.23. The van der Waals surface area contributed by atoms with Crippen LogP contribution in [0.5, 0.6) is 5.75 Å². The lowest BCUT2D eigenvalue weighted by Crippen LogP contribution is -2.03. The van der Waals surface area contributed by atoms with Crippen molar-refractivity contribution in [1.29, 1.82) is 0 Å². The van der Waals surface area contributed by atoms with Crippen LogP contribution in [-0.2, 0) is 13.0 Å². The minimum Gasteiger partial charge on any atom is -0.497 e. The molecule has 0 amide bonds. The number of nitrogens with two attached hydrogens (primary N) is 1. The monoisotopic (exact) mass is 291 g/mol. The Hall–Kier alpha value is -2.93. The molecule has 2 aromatic carbocycles. The zero-order valence-corrected chi connectivity index (χ0v) is 12.4. The van der Waals surface area contributed by atoms with Gasteiger partial charge in [0.25, 0.3) is 0 Å². The fourth-order valence-corrected chi connectivity index (χ4v) is 2.51. The van der Waals surface area contributed by atoms with E-state index in [2.05, 4.69) is 10.5 Å². The standard InChI is InChI=1S/C18H17N3O/c1-3-10-21-17-9-8-15(22-2)12-16(17)20-18(21)11-13-4-6-14(19)7-5-13/h1,4-9,12H,10-11,19H2,2H3. The predicted octanol–water partition coefficient (Wildman–Crippen LogP) is 2.85. The SMILES string of the molecule is C#CCn1c(Cc2ccc(N)cc2)nc2cc(OC)ccc21. The van der Waals surface area contributed by atoms with E-state index in [4.69, 9.17) is 21.9 Å². The van der Waals surface area contributed by atoms with E-state index in [0.717, 1.165) is 33.9 Å². The number of nitrogens with zero attached hydrogens (tertiary/aromatic N) is 2. The van der Waals surface area contributed by atoms with E-state index in [-0.39, 0.29) is 0 Å². The third-order valence-electron chi connectivity index (χ3n) is 3.63. The van der Waals surface area contributed by atoms with Gasteiger partial charge in [-0.3, -0.25) is 0 Å². The molecular weight excluding hydrogens is 274 g/mol. The third-order valence-corrected chi connectivity index (χ3v) is 3.63. The second-order valence-corrected chi connectivity index (χ2v) is 5.09. The zero-order chi connectivity index (χ0) is 15.5. The number of rotatable bonds is 4. The minimum absolute atomic E-state index is 0.493. The zero-order valence-electron chi connectivity index (χ0n) is 12.4. The summed E-state index contributed by atoms with van der Waals surface area (Å²) in [6, 6.07) is 13.6. The number of nitrogen functional groups attached to an aromatic ring is 1. The lowest BCUT2D eigenvalue weighted by atomic mass is 10.1. The number of methoxy groups -OCH3 is 1. The van der Waals surface area contributed by atoms with Crippen molar-refractivity contribution >= 4 is 16.7 Å². The molecule has 1 heterocycles. The Morgan fingerprint density at radius 3 is 2.68 bits per heavy atom. The van der Waals surface area contributed by atoms with Gasteiger partial charge in [0.05, 0.1) is 24.7 Å². The van der Waals surface area contributed by atoms with Crippen LogP contribution >= 0.6 is 0 Å². The minimum atomic E-state index is 0.493. The van der Waals surface area contributed by atoms with Crippen molar-refractivity contribution in [2.45, 2.75) is 13.0 Å². The summed E-state index contributed by atoms with van der Waals surface area (Å²) in [6.45, 7) is 0.493. The van der Waals surface area contributed by atoms with Gasteiger partial charge in [0.1, 0.15) is 11.6 Å². The maximum atomic E-state index is 5.73. The second-order valence-electron chi connectivity index (χ2n) is 5.09. The molecule has 110 valence electrons. The van der Waals surface area contributed by atoms with Gasteiger partial charge in [-0.05, 0) is 29.8 Å². The molecule has 0 spiro atoms. The van der Waals surface area contributed by atoms with E-state index in [1.807, 2.05) is 42.5 Å². The van der Waals surface area contributed by atoms with Crippen LogP contribution < -0.4 is 10.5 Å². The van der Waals surface area contributed by atoms with Crippen LogP contribution in [0.4, 0.5) is 5.69 Å². The molecule has 0 bridgehead atoms. The highest BCUT2D eigenvalue weighted by molar-refractivity contribution is 5.78. The fourth-order valence-electron chi connectivity index (χ4n) is 2.51. The van der Waals surface area contributed by atoms with Crippen molar-refractivity contribution in [1.82, 2.24) is 9.55 Å². The number of ether oxygens (including phenoxy) is 1. The van der Waals surface area contributed by atoms with Crippen LogP contribution in [0, 0.1) is 12.3 Å². The molecule has 0 radical (unpaired) electrons. The third kappa shape index (κ3) is 2.61. The van der Waals surface area contributed by atoms with Crippen LogP contribution in [0.3, 0.4) is 0 Å². The first-order chi connectivity index (χ1) is 10.7. The topological polar surface area (TPSA) is 53.1 Å². The quantitative estimate of drug-likeness (QED) is 0.594. The molecule has 4 heteroatoms. The first-order valence-electron chi connectivity index (χ1n) is 7.02. The number of terminal acetylenes is 1. The molecule has 1 aromatic heterocycles. The summed E-state index contributed by atoms with van der Waals surface area (Å²) >= 11 is 0. The molecule has 0 aliphatic carbocycles. The Morgan fingerprint density at radius 1 is 1.23 bits per heavy atom. The Morgan fingerprint density at radius 2 is 2.00 bits per heavy atom. The number of hydrogen-bond donors (Lipinski definition) is 1. The molecule has 0 saturated carbocycles. The molecule has 3 aromatic rings. The lowest BCUT2D eigenvalue weighted by molar-refractivity contribution is 0.415. The van der Waals surface area contributed by atoms with Crippen molar-refractivity contribution < 1.29 is 4.74 Å². The van der Waals surface area contributed by atoms with Gasteiger partial charge in [0.15, 0.2) is 0 Å². The van der Waals surface area contributed by atoms with E-state index >= 15 is 0 Å². The molecule has 0 saturated heterocycles. The van der Waals surface area contributed by atoms with E-state index in [1.54, 1.807) is 7.11 Å². The average molecular weight is 291 g/mol. The van der Waals surface area contributed by atoms with Crippen LogP contribution in [-0.4, -0.2) is 16.7 Å². The van der Waals surface area contributed by atoms with Gasteiger partial charge in [-0.1, -0.05) is 18.1 Å². The van der Waals surface area contributed by atoms with Crippen LogP contribution in [0.1, 0.15) is 11.4 Å². The number of aromatic nitrogens is 2. The number of hydrogen-bond acceptors (Lipinski definition) is 3. The second kappa shape index (κ2) is 5.82. The predicted molar refractivity (Wildman–Crippen MR) is 88.8 cm³/mol. The summed E-state index contributed by atoms with van der Waals surface area (Å²) in [5, 5.41) is 0. The van der Waals surface area contributed by atoms with E-state index in [9.17, 15) is 0 Å². The van der Waals surface area contributed by atoms with Crippen LogP contribution in [0.25, 0.3) is 11.0 Å². The number of benzene rings is 2. The Kier molecular flexibility index (Phi) is 3.71. The van der Waals surface area contributed by atoms with Crippen LogP contribution in [0.2, 0.25) is 0 Å². The molecule has 0 unspecified atom stereocenters. The van der Waals surface area contributed by atoms with Gasteiger partial charge in [0, 0.05) is 18.2 Å². The normalized spacial score (nSPS) is 10.5. The molecule has 0 atom stereocenters. The molecule has 0 aliphatic rings. The fraction of sp³-hybridized carbons (Fsp3) is 0.167. The van der Waals surface area contributed by atoms with Gasteiger partial charge >= 0.3 is 0 Å². The molecule has 0 aliphatic heterocycles. The summed E-state index contributed by atoms with van der Waals surface area (Å²) in [5.74, 6) is 4.42. The van der Waals surface area contributed by atoms with Gasteiger partial charge in [-0.15, -0.1) is 6.42 Å². The first kappa shape index (κ1) is 14.0. The molecule has 22 heavy (non-hydrogen) atoms. The van der Waals surface area contributed by atoms with E-state index in [0.29, 0.717) is 13.0 Å². The van der Waals surface area contributed by atoms with Gasteiger partial charge < -0.3 is 15.0 Å². The Labute approximate surface area is 129 Å². The van der Waals surface area contributed by atoms with Crippen LogP contribution in [0.15, 0.2) is 42.5 Å². The average Bonchev–Trinajstić information content (AvgIpc) is 2.87. The highest BCUT2D eigenvalue weighted by atomic mass is 16.5. The molecule has 4 nitrogen and oxygen atoms in total. The maximum Gasteiger partial charge on any atom is 0.121 e. The summed E-state index contributed by atoms with van der Waals surface area (Å²) in [7, 11) is 1.65. The van der Waals surface area contributed by atoms with Gasteiger partial charge in [0.2, 0.25) is 0 Å². The summed E-state index contributed by atoms with van der Waals surface area (Å²) in [4.78, 5) is 4.71. The Balaban J connectivity index is 2.05. The van der Waals surface area contributed by atoms with Crippen molar-refractivity contribution in [3.8, 4) is 18.1 Å². The largest absolute Gasteiger partial charge is 0.497 e. The van der Waals surface area contributed by atoms with Gasteiger partial charge in [-0.25, -0.2) is 4.98 Å². The summed E-state index contributed by atoms with van der Waals surface area (Å²) in [5.41, 5.74) is 9.54. The maximum absolute atomic E-state index is 5.73. The van der Waals surface area contributed by atoms with E-state index in [1.165, 1.54) is 0 Å². The molecular formula is C18H17N3O.